The molecule has 3 rings (SSSR count). The van der Waals surface area contributed by atoms with Gasteiger partial charge in [0.2, 0.25) is 0 Å². The summed E-state index contributed by atoms with van der Waals surface area (Å²) >= 11 is 3.39. The largest absolute Gasteiger partial charge is 0.292 e. The Labute approximate surface area is 154 Å². The fraction of sp³-hybridized carbons (Fsp3) is 0.700. The number of nitrogens with zero attached hydrogens (tertiary/aromatic N) is 3. The molecule has 0 aromatic carbocycles. The molecular formula is C20H28BrN3. The lowest BCUT2D eigenvalue weighted by molar-refractivity contribution is 0.254. The minimum atomic E-state index is 0.753. The fourth-order valence-corrected chi connectivity index (χ4v) is 4.05. The highest BCUT2D eigenvalue weighted by molar-refractivity contribution is 9.10. The summed E-state index contributed by atoms with van der Waals surface area (Å²) in [5, 5.41) is 0. The molecular weight excluding hydrogens is 362 g/mol. The van der Waals surface area contributed by atoms with E-state index >= 15 is 0 Å². The summed E-state index contributed by atoms with van der Waals surface area (Å²) in [5.41, 5.74) is 0. The molecule has 0 unspecified atom stereocenters. The van der Waals surface area contributed by atoms with Crippen molar-refractivity contribution >= 4 is 15.9 Å². The molecule has 1 saturated carbocycles. The Kier molecular flexibility index (Phi) is 7.11. The number of likely N-dealkylation sites (tertiary alicyclic amines) is 1. The fourth-order valence-electron chi connectivity index (χ4n) is 3.84. The van der Waals surface area contributed by atoms with Crippen LogP contribution < -0.4 is 0 Å². The normalized spacial score (nSPS) is 25.0. The maximum atomic E-state index is 4.41. The van der Waals surface area contributed by atoms with Gasteiger partial charge in [-0.15, -0.1) is 5.92 Å². The van der Waals surface area contributed by atoms with Gasteiger partial charge < -0.3 is 0 Å². The molecule has 0 N–H and O–H groups in total. The van der Waals surface area contributed by atoms with Gasteiger partial charge in [-0.3, -0.25) is 4.90 Å². The number of hydrogen-bond acceptors (Lipinski definition) is 3. The van der Waals surface area contributed by atoms with E-state index in [1.165, 1.54) is 58.0 Å². The Morgan fingerprint density at radius 1 is 0.958 bits per heavy atom. The van der Waals surface area contributed by atoms with E-state index in [2.05, 4.69) is 42.6 Å². The lowest BCUT2D eigenvalue weighted by Gasteiger charge is -2.27. The van der Waals surface area contributed by atoms with Crippen molar-refractivity contribution in [2.45, 2.75) is 57.8 Å². The van der Waals surface area contributed by atoms with Gasteiger partial charge >= 0.3 is 0 Å². The molecule has 1 aromatic heterocycles. The first kappa shape index (κ1) is 17.9. The Morgan fingerprint density at radius 2 is 1.62 bits per heavy atom. The van der Waals surface area contributed by atoms with Crippen LogP contribution in [0.5, 0.6) is 0 Å². The van der Waals surface area contributed by atoms with Crippen molar-refractivity contribution in [3.63, 3.8) is 0 Å². The van der Waals surface area contributed by atoms with E-state index in [4.69, 9.17) is 0 Å². The first-order valence-electron chi connectivity index (χ1n) is 9.44. The summed E-state index contributed by atoms with van der Waals surface area (Å²) in [6.45, 7) is 3.48. The van der Waals surface area contributed by atoms with Crippen molar-refractivity contribution in [3.8, 4) is 11.8 Å². The van der Waals surface area contributed by atoms with E-state index in [1.54, 1.807) is 0 Å². The molecule has 1 aliphatic carbocycles. The van der Waals surface area contributed by atoms with E-state index in [1.807, 2.05) is 12.4 Å². The highest BCUT2D eigenvalue weighted by Gasteiger charge is 2.21. The van der Waals surface area contributed by atoms with Crippen molar-refractivity contribution in [1.29, 1.82) is 0 Å². The molecule has 1 aliphatic heterocycles. The zero-order chi connectivity index (χ0) is 16.6. The van der Waals surface area contributed by atoms with Gasteiger partial charge in [-0.1, -0.05) is 12.3 Å². The summed E-state index contributed by atoms with van der Waals surface area (Å²) in [6.07, 6.45) is 15.2. The first-order valence-corrected chi connectivity index (χ1v) is 10.2. The lowest BCUT2D eigenvalue weighted by atomic mass is 9.79. The third-order valence-electron chi connectivity index (χ3n) is 5.38. The van der Waals surface area contributed by atoms with Crippen LogP contribution in [0.25, 0.3) is 0 Å². The molecule has 1 aromatic rings. The third kappa shape index (κ3) is 5.86. The number of piperidine rings is 1. The zero-order valence-electron chi connectivity index (χ0n) is 14.5. The molecule has 0 amide bonds. The van der Waals surface area contributed by atoms with Crippen LogP contribution in [-0.2, 0) is 6.42 Å². The summed E-state index contributed by atoms with van der Waals surface area (Å²) < 4.78 is 0.957. The van der Waals surface area contributed by atoms with Crippen LogP contribution in [0.1, 0.15) is 57.2 Å². The minimum Gasteiger partial charge on any atom is -0.292 e. The molecule has 1 saturated heterocycles. The van der Waals surface area contributed by atoms with Gasteiger partial charge in [0.25, 0.3) is 0 Å². The third-order valence-corrected chi connectivity index (χ3v) is 5.79. The molecule has 130 valence electrons. The van der Waals surface area contributed by atoms with Crippen LogP contribution in [0.15, 0.2) is 16.9 Å². The minimum absolute atomic E-state index is 0.753. The van der Waals surface area contributed by atoms with Gasteiger partial charge in [0, 0.05) is 25.2 Å². The second-order valence-corrected chi connectivity index (χ2v) is 8.22. The molecule has 2 heterocycles. The van der Waals surface area contributed by atoms with E-state index in [-0.39, 0.29) is 0 Å². The summed E-state index contributed by atoms with van der Waals surface area (Å²) in [6, 6.07) is 0. The van der Waals surface area contributed by atoms with Crippen LogP contribution in [0.3, 0.4) is 0 Å². The molecule has 0 bridgehead atoms. The topological polar surface area (TPSA) is 29.0 Å². The SMILES string of the molecule is Brc1cnc(CC2CCC(CC#CCN3CCCCC3)CC2)nc1. The predicted octanol–water partition coefficient (Wildman–Crippen LogP) is 4.47. The van der Waals surface area contributed by atoms with Gasteiger partial charge in [-0.2, -0.15) is 0 Å². The highest BCUT2D eigenvalue weighted by atomic mass is 79.9. The van der Waals surface area contributed by atoms with E-state index in [9.17, 15) is 0 Å². The van der Waals surface area contributed by atoms with Gasteiger partial charge in [-0.05, 0) is 79.4 Å². The second-order valence-electron chi connectivity index (χ2n) is 7.30. The number of halogens is 1. The lowest BCUT2D eigenvalue weighted by Crippen LogP contribution is -2.29. The Balaban J connectivity index is 1.34. The maximum Gasteiger partial charge on any atom is 0.128 e. The van der Waals surface area contributed by atoms with Crippen LogP contribution in [0.2, 0.25) is 0 Å². The van der Waals surface area contributed by atoms with Crippen molar-refractivity contribution < 1.29 is 0 Å². The van der Waals surface area contributed by atoms with Crippen LogP contribution in [-0.4, -0.2) is 34.5 Å². The number of aromatic nitrogens is 2. The number of rotatable bonds is 4. The Hall–Kier alpha value is -0.920. The van der Waals surface area contributed by atoms with Gasteiger partial charge in [0.15, 0.2) is 0 Å². The van der Waals surface area contributed by atoms with Crippen molar-refractivity contribution in [2.24, 2.45) is 11.8 Å². The smallest absolute Gasteiger partial charge is 0.128 e. The maximum absolute atomic E-state index is 4.41. The summed E-state index contributed by atoms with van der Waals surface area (Å²) in [5.74, 6) is 9.41. The molecule has 4 heteroatoms. The van der Waals surface area contributed by atoms with E-state index in [0.717, 1.165) is 41.5 Å². The predicted molar refractivity (Wildman–Crippen MR) is 102 cm³/mol. The molecule has 0 radical (unpaired) electrons. The van der Waals surface area contributed by atoms with E-state index in [0.29, 0.717) is 0 Å². The zero-order valence-corrected chi connectivity index (χ0v) is 16.1. The number of hydrogen-bond donors (Lipinski definition) is 0. The highest BCUT2D eigenvalue weighted by Crippen LogP contribution is 2.32. The standard InChI is InChI=1S/C20H28BrN3/c21-19-15-22-20(23-16-19)14-18-9-7-17(8-10-18)6-2-5-13-24-11-3-1-4-12-24/h15-18H,1,3-4,6-14H2. The average Bonchev–Trinajstić information content (AvgIpc) is 2.63. The van der Waals surface area contributed by atoms with Crippen LogP contribution in [0.4, 0.5) is 0 Å². The van der Waals surface area contributed by atoms with Gasteiger partial charge in [0.1, 0.15) is 5.82 Å². The van der Waals surface area contributed by atoms with Crippen LogP contribution in [0, 0.1) is 23.7 Å². The first-order chi connectivity index (χ1) is 11.8. The quantitative estimate of drug-likeness (QED) is 0.711. The second kappa shape index (κ2) is 9.53. The monoisotopic (exact) mass is 389 g/mol. The van der Waals surface area contributed by atoms with Gasteiger partial charge in [0.05, 0.1) is 11.0 Å². The Morgan fingerprint density at radius 3 is 2.33 bits per heavy atom. The average molecular weight is 390 g/mol. The van der Waals surface area contributed by atoms with Crippen LogP contribution >= 0.6 is 15.9 Å². The van der Waals surface area contributed by atoms with Gasteiger partial charge in [-0.25, -0.2) is 9.97 Å². The van der Waals surface area contributed by atoms with E-state index < -0.39 is 0 Å². The summed E-state index contributed by atoms with van der Waals surface area (Å²) in [7, 11) is 0. The van der Waals surface area contributed by atoms with Crippen molar-refractivity contribution in [1.82, 2.24) is 14.9 Å². The molecule has 24 heavy (non-hydrogen) atoms. The van der Waals surface area contributed by atoms with Crippen molar-refractivity contribution in [3.05, 3.63) is 22.7 Å². The molecule has 2 aliphatic rings. The molecule has 2 fully saturated rings. The van der Waals surface area contributed by atoms with Crippen molar-refractivity contribution in [2.75, 3.05) is 19.6 Å². The molecule has 3 nitrogen and oxygen atoms in total. The Bertz CT molecular complexity index is 546. The molecule has 0 atom stereocenters. The summed E-state index contributed by atoms with van der Waals surface area (Å²) in [4.78, 5) is 11.3. The molecule has 0 spiro atoms.